The summed E-state index contributed by atoms with van der Waals surface area (Å²) in [5, 5.41) is 2.35. The number of nitrogens with zero attached hydrogens (tertiary/aromatic N) is 1. The molecule has 0 bridgehead atoms. The molecule has 0 aliphatic heterocycles. The zero-order valence-electron chi connectivity index (χ0n) is 11.0. The van der Waals surface area contributed by atoms with Crippen molar-refractivity contribution in [2.75, 3.05) is 20.1 Å². The van der Waals surface area contributed by atoms with Crippen LogP contribution in [0.2, 0.25) is 0 Å². The molecule has 4 heteroatoms. The number of carbonyl (C=O) groups excluding carboxylic acids is 1. The minimum absolute atomic E-state index is 0.0950. The summed E-state index contributed by atoms with van der Waals surface area (Å²) in [4.78, 5) is 13.5. The summed E-state index contributed by atoms with van der Waals surface area (Å²) >= 11 is 5.65. The number of nitrogens with one attached hydrogen (secondary N) is 1. The molecular weight excluding hydrogens is 248 g/mol. The monoisotopic (exact) mass is 268 g/mol. The van der Waals surface area contributed by atoms with Gasteiger partial charge in [0, 0.05) is 13.1 Å². The topological polar surface area (TPSA) is 32.3 Å². The zero-order chi connectivity index (χ0) is 13.4. The summed E-state index contributed by atoms with van der Waals surface area (Å²) in [5.41, 5.74) is 1.30. The predicted octanol–water partition coefficient (Wildman–Crippen LogP) is 2.25. The van der Waals surface area contributed by atoms with E-state index in [2.05, 4.69) is 29.4 Å². The van der Waals surface area contributed by atoms with Crippen LogP contribution in [0.3, 0.4) is 0 Å². The van der Waals surface area contributed by atoms with Gasteiger partial charge in [-0.3, -0.25) is 4.79 Å². The number of alkyl halides is 1. The van der Waals surface area contributed by atoms with Gasteiger partial charge in [-0.2, -0.15) is 0 Å². The molecule has 18 heavy (non-hydrogen) atoms. The van der Waals surface area contributed by atoms with Crippen LogP contribution in [-0.2, 0) is 11.3 Å². The van der Waals surface area contributed by atoms with Crippen molar-refractivity contribution < 1.29 is 4.79 Å². The molecule has 3 nitrogen and oxygen atoms in total. The maximum Gasteiger partial charge on any atom is 0.237 e. The molecule has 0 spiro atoms. The van der Waals surface area contributed by atoms with Gasteiger partial charge in [-0.15, -0.1) is 11.6 Å². The normalized spacial score (nSPS) is 12.4. The fourth-order valence-corrected chi connectivity index (χ4v) is 1.75. The maximum atomic E-state index is 11.2. The first-order valence-corrected chi connectivity index (χ1v) is 6.67. The molecule has 0 aromatic heterocycles. The van der Waals surface area contributed by atoms with E-state index in [1.54, 1.807) is 6.92 Å². The molecule has 0 heterocycles. The van der Waals surface area contributed by atoms with E-state index in [0.29, 0.717) is 6.54 Å². The van der Waals surface area contributed by atoms with Gasteiger partial charge in [-0.05, 0) is 32.5 Å². The number of benzene rings is 1. The molecule has 1 aromatic carbocycles. The summed E-state index contributed by atoms with van der Waals surface area (Å²) in [6, 6.07) is 10.4. The molecular formula is C14H21ClN2O. The molecule has 1 atom stereocenters. The predicted molar refractivity (Wildman–Crippen MR) is 75.7 cm³/mol. The molecule has 1 amide bonds. The molecule has 1 N–H and O–H groups in total. The second kappa shape index (κ2) is 8.11. The number of carbonyl (C=O) groups is 1. The fourth-order valence-electron chi connectivity index (χ4n) is 1.68. The van der Waals surface area contributed by atoms with E-state index in [1.165, 1.54) is 5.56 Å². The third kappa shape index (κ3) is 6.03. The first-order valence-electron chi connectivity index (χ1n) is 6.24. The van der Waals surface area contributed by atoms with Crippen molar-refractivity contribution >= 4 is 17.5 Å². The van der Waals surface area contributed by atoms with Crippen molar-refractivity contribution in [2.24, 2.45) is 0 Å². The van der Waals surface area contributed by atoms with Crippen molar-refractivity contribution in [3.8, 4) is 0 Å². The molecule has 0 saturated carbocycles. The smallest absolute Gasteiger partial charge is 0.237 e. The molecule has 0 radical (unpaired) electrons. The van der Waals surface area contributed by atoms with E-state index in [-0.39, 0.29) is 5.91 Å². The second-order valence-electron chi connectivity index (χ2n) is 4.48. The van der Waals surface area contributed by atoms with E-state index in [9.17, 15) is 4.79 Å². The Bertz CT molecular complexity index is 354. The van der Waals surface area contributed by atoms with E-state index in [4.69, 9.17) is 11.6 Å². The van der Waals surface area contributed by atoms with Crippen molar-refractivity contribution in [1.29, 1.82) is 0 Å². The Kier molecular flexibility index (Phi) is 6.76. The van der Waals surface area contributed by atoms with Crippen molar-refractivity contribution in [3.63, 3.8) is 0 Å². The Balaban J connectivity index is 2.14. The number of halogens is 1. The van der Waals surface area contributed by atoms with Crippen LogP contribution in [0.5, 0.6) is 0 Å². The van der Waals surface area contributed by atoms with Gasteiger partial charge in [0.05, 0.1) is 0 Å². The molecule has 1 rings (SSSR count). The lowest BCUT2D eigenvalue weighted by Crippen LogP contribution is -2.32. The van der Waals surface area contributed by atoms with Gasteiger partial charge in [-0.25, -0.2) is 0 Å². The van der Waals surface area contributed by atoms with Crippen molar-refractivity contribution in [2.45, 2.75) is 25.3 Å². The second-order valence-corrected chi connectivity index (χ2v) is 5.14. The molecule has 1 unspecified atom stereocenters. The quantitative estimate of drug-likeness (QED) is 0.608. The molecule has 0 aliphatic rings. The SMILES string of the molecule is CC(Cl)C(=O)NCCCN(C)Cc1ccccc1. The van der Waals surface area contributed by atoms with E-state index >= 15 is 0 Å². The van der Waals surface area contributed by atoms with Gasteiger partial charge in [-0.1, -0.05) is 30.3 Å². The number of rotatable bonds is 7. The highest BCUT2D eigenvalue weighted by molar-refractivity contribution is 6.30. The van der Waals surface area contributed by atoms with Crippen molar-refractivity contribution in [3.05, 3.63) is 35.9 Å². The maximum absolute atomic E-state index is 11.2. The summed E-state index contributed by atoms with van der Waals surface area (Å²) in [6.07, 6.45) is 0.929. The third-order valence-corrected chi connectivity index (χ3v) is 2.87. The first kappa shape index (κ1) is 15.0. The standard InChI is InChI=1S/C14H21ClN2O/c1-12(15)14(18)16-9-6-10-17(2)11-13-7-4-3-5-8-13/h3-5,7-8,12H,6,9-11H2,1-2H3,(H,16,18). The summed E-state index contributed by atoms with van der Waals surface area (Å²) in [5.74, 6) is -0.0950. The molecule has 1 aromatic rings. The van der Waals surface area contributed by atoms with Crippen molar-refractivity contribution in [1.82, 2.24) is 10.2 Å². The van der Waals surface area contributed by atoms with Crippen LogP contribution in [-0.4, -0.2) is 36.3 Å². The Labute approximate surface area is 114 Å². The highest BCUT2D eigenvalue weighted by Gasteiger charge is 2.07. The lowest BCUT2D eigenvalue weighted by Gasteiger charge is -2.16. The highest BCUT2D eigenvalue weighted by Crippen LogP contribution is 2.02. The molecule has 100 valence electrons. The largest absolute Gasteiger partial charge is 0.355 e. The molecule has 0 aliphatic carbocycles. The minimum atomic E-state index is -0.452. The van der Waals surface area contributed by atoms with Crippen LogP contribution in [0, 0.1) is 0 Å². The van der Waals surface area contributed by atoms with Crippen LogP contribution in [0.25, 0.3) is 0 Å². The Morgan fingerprint density at radius 3 is 2.67 bits per heavy atom. The fraction of sp³-hybridized carbons (Fsp3) is 0.500. The Hall–Kier alpha value is -1.06. The van der Waals surface area contributed by atoms with E-state index < -0.39 is 5.38 Å². The highest BCUT2D eigenvalue weighted by atomic mass is 35.5. The third-order valence-electron chi connectivity index (χ3n) is 2.67. The lowest BCUT2D eigenvalue weighted by atomic mass is 10.2. The molecule has 0 fully saturated rings. The number of hydrogen-bond donors (Lipinski definition) is 1. The first-order chi connectivity index (χ1) is 8.59. The number of amides is 1. The van der Waals surface area contributed by atoms with Gasteiger partial charge >= 0.3 is 0 Å². The van der Waals surface area contributed by atoms with E-state index in [0.717, 1.165) is 19.5 Å². The Morgan fingerprint density at radius 2 is 2.06 bits per heavy atom. The summed E-state index contributed by atoms with van der Waals surface area (Å²) in [6.45, 7) is 4.24. The van der Waals surface area contributed by atoms with Crippen LogP contribution in [0.4, 0.5) is 0 Å². The molecule has 0 saturated heterocycles. The van der Waals surface area contributed by atoms with Gasteiger partial charge in [0.1, 0.15) is 5.38 Å². The Morgan fingerprint density at radius 1 is 1.39 bits per heavy atom. The van der Waals surface area contributed by atoms with Crippen LogP contribution < -0.4 is 5.32 Å². The van der Waals surface area contributed by atoms with Gasteiger partial charge in [0.25, 0.3) is 0 Å². The zero-order valence-corrected chi connectivity index (χ0v) is 11.8. The van der Waals surface area contributed by atoms with Gasteiger partial charge in [0.2, 0.25) is 5.91 Å². The average Bonchev–Trinajstić information content (AvgIpc) is 2.35. The summed E-state index contributed by atoms with van der Waals surface area (Å²) < 4.78 is 0. The van der Waals surface area contributed by atoms with Gasteiger partial charge in [0.15, 0.2) is 0 Å². The van der Waals surface area contributed by atoms with Crippen LogP contribution in [0.15, 0.2) is 30.3 Å². The van der Waals surface area contributed by atoms with E-state index in [1.807, 2.05) is 18.2 Å². The van der Waals surface area contributed by atoms with Gasteiger partial charge < -0.3 is 10.2 Å². The van der Waals surface area contributed by atoms with Crippen LogP contribution in [0.1, 0.15) is 18.9 Å². The minimum Gasteiger partial charge on any atom is -0.355 e. The average molecular weight is 269 g/mol. The number of hydrogen-bond acceptors (Lipinski definition) is 2. The lowest BCUT2D eigenvalue weighted by molar-refractivity contribution is -0.120. The summed E-state index contributed by atoms with van der Waals surface area (Å²) in [7, 11) is 2.08. The van der Waals surface area contributed by atoms with Crippen LogP contribution >= 0.6 is 11.6 Å².